The molecule has 0 fully saturated rings. The normalized spacial score (nSPS) is 13.3. The van der Waals surface area contributed by atoms with Gasteiger partial charge in [-0.15, -0.1) is 0 Å². The zero-order valence-electron chi connectivity index (χ0n) is 28.0. The van der Waals surface area contributed by atoms with Gasteiger partial charge >= 0.3 is 12.1 Å². The number of rotatable bonds is 7. The van der Waals surface area contributed by atoms with Crippen molar-refractivity contribution in [3.8, 4) is 11.3 Å². The minimum Gasteiger partial charge on any atom is -0.456 e. The van der Waals surface area contributed by atoms with E-state index in [1.807, 2.05) is 51.1 Å². The van der Waals surface area contributed by atoms with Crippen molar-refractivity contribution >= 4 is 40.9 Å². The number of nitrogens with one attached hydrogen (secondary N) is 2. The van der Waals surface area contributed by atoms with Gasteiger partial charge in [-0.05, 0) is 89.4 Å². The first-order valence-corrected chi connectivity index (χ1v) is 15.7. The highest BCUT2D eigenvalue weighted by Crippen LogP contribution is 2.30. The van der Waals surface area contributed by atoms with Gasteiger partial charge in [-0.25, -0.2) is 19.6 Å². The standard InChI is InChI=1S/C37H40N6O5/c1-36(2,3)47-34(45)28-12-8-11-27(20-28)33(44)40-29-21-30(41-31(22-29)42-32-23-38-15-16-39-32)26-10-7-9-25(19-26)24-13-17-43(18-14-24)35(46)48-37(4,5)6/h7-13,15-16,19-23H,14,17-18H2,1-6H3,(H2,39,40,41,42,44). The second-order valence-electron chi connectivity index (χ2n) is 13.4. The van der Waals surface area contributed by atoms with Gasteiger partial charge in [-0.2, -0.15) is 0 Å². The zero-order valence-corrected chi connectivity index (χ0v) is 28.0. The molecule has 3 heterocycles. The maximum Gasteiger partial charge on any atom is 0.410 e. The molecule has 1 aliphatic heterocycles. The van der Waals surface area contributed by atoms with Gasteiger partial charge in [0.25, 0.3) is 5.91 Å². The Hall–Kier alpha value is -5.58. The summed E-state index contributed by atoms with van der Waals surface area (Å²) in [6.07, 6.45) is 7.11. The van der Waals surface area contributed by atoms with Crippen molar-refractivity contribution in [1.82, 2.24) is 19.9 Å². The Labute approximate surface area is 280 Å². The third kappa shape index (κ3) is 9.25. The van der Waals surface area contributed by atoms with E-state index in [1.165, 1.54) is 6.07 Å². The van der Waals surface area contributed by atoms with Crippen molar-refractivity contribution in [3.05, 3.63) is 102 Å². The van der Waals surface area contributed by atoms with Crippen LogP contribution in [-0.4, -0.2) is 62.1 Å². The quantitative estimate of drug-likeness (QED) is 0.195. The van der Waals surface area contributed by atoms with E-state index in [1.54, 1.807) is 74.6 Å². The molecule has 2 aromatic carbocycles. The van der Waals surface area contributed by atoms with E-state index in [4.69, 9.17) is 14.5 Å². The van der Waals surface area contributed by atoms with Crippen LogP contribution in [0.15, 0.2) is 85.3 Å². The molecule has 1 aliphatic rings. The molecule has 0 unspecified atom stereocenters. The first-order valence-electron chi connectivity index (χ1n) is 15.7. The van der Waals surface area contributed by atoms with Crippen LogP contribution in [0.5, 0.6) is 0 Å². The Kier molecular flexibility index (Phi) is 9.88. The molecule has 2 aromatic heterocycles. The second-order valence-corrected chi connectivity index (χ2v) is 13.4. The summed E-state index contributed by atoms with van der Waals surface area (Å²) in [5.41, 5.74) is 3.40. The van der Waals surface area contributed by atoms with Crippen molar-refractivity contribution in [1.29, 1.82) is 0 Å². The van der Waals surface area contributed by atoms with Gasteiger partial charge in [0.15, 0.2) is 0 Å². The highest BCUT2D eigenvalue weighted by Gasteiger charge is 2.24. The summed E-state index contributed by atoms with van der Waals surface area (Å²) in [5.74, 6) is 0.0178. The van der Waals surface area contributed by atoms with Crippen LogP contribution < -0.4 is 10.6 Å². The summed E-state index contributed by atoms with van der Waals surface area (Å²) in [6.45, 7) is 11.9. The van der Waals surface area contributed by atoms with Gasteiger partial charge in [0, 0.05) is 48.4 Å². The summed E-state index contributed by atoms with van der Waals surface area (Å²) in [4.78, 5) is 53.6. The molecule has 5 rings (SSSR count). The Balaban J connectivity index is 1.41. The molecular formula is C37H40N6O5. The molecule has 0 aliphatic carbocycles. The predicted molar refractivity (Wildman–Crippen MR) is 185 cm³/mol. The molecule has 11 nitrogen and oxygen atoms in total. The fraction of sp³-hybridized carbons (Fsp3) is 0.297. The predicted octanol–water partition coefficient (Wildman–Crippen LogP) is 7.51. The Morgan fingerprint density at radius 3 is 2.23 bits per heavy atom. The smallest absolute Gasteiger partial charge is 0.410 e. The number of esters is 1. The van der Waals surface area contributed by atoms with Crippen molar-refractivity contribution < 1.29 is 23.9 Å². The lowest BCUT2D eigenvalue weighted by Gasteiger charge is -2.29. The SMILES string of the molecule is CC(C)(C)OC(=O)c1cccc(C(=O)Nc2cc(Nc3cnccn3)nc(-c3cccc(C4=CCN(C(=O)OC(C)(C)C)CC4)c3)c2)c1. The lowest BCUT2D eigenvalue weighted by atomic mass is 9.97. The van der Waals surface area contributed by atoms with E-state index >= 15 is 0 Å². The number of nitrogens with zero attached hydrogens (tertiary/aromatic N) is 4. The topological polar surface area (TPSA) is 136 Å². The van der Waals surface area contributed by atoms with Gasteiger partial charge in [0.05, 0.1) is 17.5 Å². The largest absolute Gasteiger partial charge is 0.456 e. The van der Waals surface area contributed by atoms with Crippen molar-refractivity contribution in [3.63, 3.8) is 0 Å². The summed E-state index contributed by atoms with van der Waals surface area (Å²) in [7, 11) is 0. The van der Waals surface area contributed by atoms with Crippen LogP contribution in [0.3, 0.4) is 0 Å². The maximum absolute atomic E-state index is 13.4. The number of anilines is 3. The van der Waals surface area contributed by atoms with Crippen LogP contribution in [0.2, 0.25) is 0 Å². The van der Waals surface area contributed by atoms with Crippen LogP contribution in [0.1, 0.15) is 74.2 Å². The molecule has 248 valence electrons. The lowest BCUT2D eigenvalue weighted by Crippen LogP contribution is -2.39. The van der Waals surface area contributed by atoms with E-state index in [0.717, 1.165) is 16.7 Å². The van der Waals surface area contributed by atoms with E-state index in [9.17, 15) is 14.4 Å². The fourth-order valence-corrected chi connectivity index (χ4v) is 4.94. The number of carbonyl (C=O) groups excluding carboxylic acids is 3. The second kappa shape index (κ2) is 14.0. The number of hydrogen-bond donors (Lipinski definition) is 2. The highest BCUT2D eigenvalue weighted by atomic mass is 16.6. The minimum absolute atomic E-state index is 0.279. The molecule has 0 spiro atoms. The van der Waals surface area contributed by atoms with Crippen molar-refractivity contribution in [2.75, 3.05) is 23.7 Å². The van der Waals surface area contributed by atoms with E-state index < -0.39 is 23.1 Å². The molecule has 0 atom stereocenters. The summed E-state index contributed by atoms with van der Waals surface area (Å²) >= 11 is 0. The molecular weight excluding hydrogens is 608 g/mol. The molecule has 0 saturated heterocycles. The summed E-state index contributed by atoms with van der Waals surface area (Å²) in [6, 6.07) is 17.9. The van der Waals surface area contributed by atoms with Crippen LogP contribution >= 0.6 is 0 Å². The third-order valence-corrected chi connectivity index (χ3v) is 7.05. The number of benzene rings is 2. The van der Waals surface area contributed by atoms with Gasteiger partial charge in [0.1, 0.15) is 22.8 Å². The summed E-state index contributed by atoms with van der Waals surface area (Å²) < 4.78 is 11.0. The third-order valence-electron chi connectivity index (χ3n) is 7.05. The summed E-state index contributed by atoms with van der Waals surface area (Å²) in [5, 5.41) is 6.12. The molecule has 48 heavy (non-hydrogen) atoms. The Morgan fingerprint density at radius 2 is 1.54 bits per heavy atom. The molecule has 0 radical (unpaired) electrons. The molecule has 2 N–H and O–H groups in total. The number of ether oxygens (including phenoxy) is 2. The maximum atomic E-state index is 13.4. The molecule has 0 bridgehead atoms. The monoisotopic (exact) mass is 648 g/mol. The minimum atomic E-state index is -0.666. The number of amides is 2. The van der Waals surface area contributed by atoms with Crippen LogP contribution in [0.25, 0.3) is 16.8 Å². The van der Waals surface area contributed by atoms with Gasteiger partial charge < -0.3 is 25.0 Å². The van der Waals surface area contributed by atoms with E-state index in [2.05, 4.69) is 20.6 Å². The Bertz CT molecular complexity index is 1840. The van der Waals surface area contributed by atoms with Gasteiger partial charge in [-0.1, -0.05) is 30.3 Å². The molecule has 4 aromatic rings. The molecule has 0 saturated carbocycles. The Morgan fingerprint density at radius 1 is 0.812 bits per heavy atom. The highest BCUT2D eigenvalue weighted by molar-refractivity contribution is 6.06. The van der Waals surface area contributed by atoms with E-state index in [-0.39, 0.29) is 11.7 Å². The molecule has 2 amide bonds. The average Bonchev–Trinajstić information content (AvgIpc) is 3.04. The molecule has 11 heteroatoms. The van der Waals surface area contributed by atoms with Crippen LogP contribution in [0.4, 0.5) is 22.1 Å². The lowest BCUT2D eigenvalue weighted by molar-refractivity contribution is 0.00688. The first-order chi connectivity index (χ1) is 22.7. The van der Waals surface area contributed by atoms with Crippen LogP contribution in [0, 0.1) is 0 Å². The van der Waals surface area contributed by atoms with E-state index in [0.29, 0.717) is 48.1 Å². The van der Waals surface area contributed by atoms with Crippen LogP contribution in [-0.2, 0) is 9.47 Å². The van der Waals surface area contributed by atoms with Gasteiger partial charge in [-0.3, -0.25) is 9.78 Å². The van der Waals surface area contributed by atoms with Gasteiger partial charge in [0.2, 0.25) is 0 Å². The number of carbonyl (C=O) groups is 3. The number of hydrogen-bond acceptors (Lipinski definition) is 9. The fourth-order valence-electron chi connectivity index (χ4n) is 4.94. The van der Waals surface area contributed by atoms with Crippen molar-refractivity contribution in [2.24, 2.45) is 0 Å². The number of pyridine rings is 1. The number of aromatic nitrogens is 3. The average molecular weight is 649 g/mol. The first kappa shape index (κ1) is 33.8. The zero-order chi connectivity index (χ0) is 34.5. The van der Waals surface area contributed by atoms with Crippen molar-refractivity contribution in [2.45, 2.75) is 59.2 Å².